The van der Waals surface area contributed by atoms with Crippen LogP contribution in [0.25, 0.3) is 0 Å². The molecule has 4 N–H and O–H groups in total. The Kier molecular flexibility index (Phi) is 8.40. The van der Waals surface area contributed by atoms with Crippen molar-refractivity contribution in [2.45, 2.75) is 88.4 Å². The minimum atomic E-state index is -1.34. The molecule has 2 fully saturated rings. The molecule has 1 aliphatic carbocycles. The van der Waals surface area contributed by atoms with Gasteiger partial charge in [-0.05, 0) is 67.3 Å². The molecule has 9 heteroatoms. The van der Waals surface area contributed by atoms with Gasteiger partial charge in [-0.1, -0.05) is 62.2 Å². The Morgan fingerprint density at radius 2 is 1.97 bits per heavy atom. The molecule has 2 aromatic carbocycles. The summed E-state index contributed by atoms with van der Waals surface area (Å²) in [4.78, 5) is 27.5. The van der Waals surface area contributed by atoms with Crippen LogP contribution in [0.15, 0.2) is 36.4 Å². The van der Waals surface area contributed by atoms with Crippen LogP contribution in [-0.2, 0) is 15.0 Å². The number of anilines is 1. The van der Waals surface area contributed by atoms with Gasteiger partial charge in [-0.25, -0.2) is 4.39 Å². The second kappa shape index (κ2) is 11.0. The molecule has 1 aliphatic heterocycles. The van der Waals surface area contributed by atoms with E-state index in [0.717, 1.165) is 6.29 Å². The first kappa shape index (κ1) is 29.8. The van der Waals surface area contributed by atoms with Gasteiger partial charge < -0.3 is 25.9 Å². The van der Waals surface area contributed by atoms with E-state index in [4.69, 9.17) is 23.2 Å². The molecule has 0 radical (unpaired) electrons. The number of hydrogen-bond donors (Lipinski definition) is 4. The number of rotatable bonds is 7. The smallest absolute Gasteiger partial charge is 0.238 e. The number of nitrogens with one attached hydrogen (secondary N) is 3. The van der Waals surface area contributed by atoms with E-state index in [1.54, 1.807) is 44.3 Å². The number of aliphatic hydroxyl groups is 1. The fourth-order valence-corrected chi connectivity index (χ4v) is 6.87. The summed E-state index contributed by atoms with van der Waals surface area (Å²) in [6.45, 7) is 7.95. The average Bonchev–Trinajstić information content (AvgIpc) is 3.36. The van der Waals surface area contributed by atoms with Crippen molar-refractivity contribution < 1.29 is 19.1 Å². The van der Waals surface area contributed by atoms with Crippen molar-refractivity contribution in [3.8, 4) is 0 Å². The fraction of sp³-hybridized carbons (Fsp3) is 0.533. The molecule has 6 nitrogen and oxygen atoms in total. The van der Waals surface area contributed by atoms with E-state index in [0.29, 0.717) is 42.0 Å². The van der Waals surface area contributed by atoms with Crippen LogP contribution in [0.5, 0.6) is 0 Å². The van der Waals surface area contributed by atoms with Crippen molar-refractivity contribution in [3.05, 3.63) is 63.4 Å². The van der Waals surface area contributed by atoms with Gasteiger partial charge in [-0.15, -0.1) is 0 Å². The lowest BCUT2D eigenvalue weighted by molar-refractivity contribution is -0.124. The molecule has 0 bridgehead atoms. The minimum absolute atomic E-state index is 0.0810. The molecule has 4 rings (SSSR count). The molecule has 1 heterocycles. The minimum Gasteiger partial charge on any atom is -0.390 e. The zero-order valence-electron chi connectivity index (χ0n) is 23.1. The third-order valence-electron chi connectivity index (χ3n) is 8.20. The van der Waals surface area contributed by atoms with Crippen LogP contribution < -0.4 is 16.0 Å². The number of halogens is 3. The Bertz CT molecular complexity index is 1250. The van der Waals surface area contributed by atoms with Gasteiger partial charge in [0.15, 0.2) is 0 Å². The monoisotopic (exact) mass is 577 g/mol. The molecule has 6 unspecified atom stereocenters. The van der Waals surface area contributed by atoms with Crippen molar-refractivity contribution in [2.24, 2.45) is 5.41 Å². The number of amides is 1. The Balaban J connectivity index is 1.93. The third kappa shape index (κ3) is 5.83. The van der Waals surface area contributed by atoms with E-state index >= 15 is 4.39 Å². The molecule has 2 aliphatic rings. The second-order valence-corrected chi connectivity index (χ2v) is 13.4. The maximum absolute atomic E-state index is 15.8. The van der Waals surface area contributed by atoms with Crippen molar-refractivity contribution in [2.75, 3.05) is 12.4 Å². The van der Waals surface area contributed by atoms with E-state index in [1.807, 2.05) is 0 Å². The van der Waals surface area contributed by atoms with Crippen LogP contribution in [0.3, 0.4) is 0 Å². The molecular formula is C30H38Cl2FN3O3. The molecule has 6 atom stereocenters. The summed E-state index contributed by atoms with van der Waals surface area (Å²) in [6.07, 6.45) is 3.01. The van der Waals surface area contributed by atoms with Crippen LogP contribution >= 0.6 is 23.2 Å². The standard InChI is InChI=1S/C30H38Cl2FN3O3/c1-28(2,3)15-23-30(16-37,20-10-9-17(31)13-22(20)34-5)24(19-7-6-8-21(32)25(19)33)26(36-23)27(38)35-18-11-12-29(4,39)14-18/h6-10,13,16,18,23-24,26,34,36,39H,11-12,14-15H2,1-5H3,(H,35,38). The zero-order chi connectivity index (χ0) is 28.8. The summed E-state index contributed by atoms with van der Waals surface area (Å²) >= 11 is 12.6. The van der Waals surface area contributed by atoms with Gasteiger partial charge in [-0.2, -0.15) is 0 Å². The van der Waals surface area contributed by atoms with E-state index in [-0.39, 0.29) is 28.0 Å². The van der Waals surface area contributed by atoms with Crippen LogP contribution in [0.4, 0.5) is 10.1 Å². The number of aldehydes is 1. The van der Waals surface area contributed by atoms with Gasteiger partial charge in [0.1, 0.15) is 12.1 Å². The Hall–Kier alpha value is -2.19. The predicted molar refractivity (Wildman–Crippen MR) is 154 cm³/mol. The van der Waals surface area contributed by atoms with Gasteiger partial charge in [-0.3, -0.25) is 4.79 Å². The summed E-state index contributed by atoms with van der Waals surface area (Å²) < 4.78 is 15.8. The van der Waals surface area contributed by atoms with Crippen molar-refractivity contribution in [3.63, 3.8) is 0 Å². The average molecular weight is 579 g/mol. The summed E-state index contributed by atoms with van der Waals surface area (Å²) in [7, 11) is 1.74. The highest BCUT2D eigenvalue weighted by Gasteiger charge is 2.60. The molecule has 2 aromatic rings. The van der Waals surface area contributed by atoms with Crippen molar-refractivity contribution in [1.82, 2.24) is 10.6 Å². The molecular weight excluding hydrogens is 540 g/mol. The van der Waals surface area contributed by atoms with Crippen LogP contribution in [0.2, 0.25) is 10.0 Å². The van der Waals surface area contributed by atoms with Gasteiger partial charge in [0, 0.05) is 35.8 Å². The van der Waals surface area contributed by atoms with Gasteiger partial charge in [0.05, 0.1) is 22.1 Å². The highest BCUT2D eigenvalue weighted by atomic mass is 35.5. The zero-order valence-corrected chi connectivity index (χ0v) is 24.6. The molecule has 1 saturated carbocycles. The molecule has 0 aromatic heterocycles. The molecule has 212 valence electrons. The van der Waals surface area contributed by atoms with Crippen LogP contribution in [0.1, 0.15) is 70.4 Å². The first-order valence-corrected chi connectivity index (χ1v) is 14.1. The Morgan fingerprint density at radius 3 is 2.56 bits per heavy atom. The van der Waals surface area contributed by atoms with Crippen molar-refractivity contribution >= 4 is 41.1 Å². The van der Waals surface area contributed by atoms with Gasteiger partial charge in [0.25, 0.3) is 0 Å². The number of carbonyl (C=O) groups is 2. The highest BCUT2D eigenvalue weighted by Crippen LogP contribution is 2.53. The third-order valence-corrected chi connectivity index (χ3v) is 8.72. The van der Waals surface area contributed by atoms with Gasteiger partial charge in [0.2, 0.25) is 5.91 Å². The van der Waals surface area contributed by atoms with E-state index in [9.17, 15) is 14.7 Å². The lowest BCUT2D eigenvalue weighted by Gasteiger charge is -2.39. The first-order valence-electron chi connectivity index (χ1n) is 13.4. The first-order chi connectivity index (χ1) is 18.2. The Labute approximate surface area is 240 Å². The largest absolute Gasteiger partial charge is 0.390 e. The maximum Gasteiger partial charge on any atom is 0.238 e. The summed E-state index contributed by atoms with van der Waals surface area (Å²) in [5.74, 6) is -1.92. The van der Waals surface area contributed by atoms with Crippen LogP contribution in [0, 0.1) is 11.2 Å². The highest BCUT2D eigenvalue weighted by molar-refractivity contribution is 6.31. The molecule has 1 amide bonds. The van der Waals surface area contributed by atoms with E-state index in [1.165, 1.54) is 6.07 Å². The lowest BCUT2D eigenvalue weighted by Crippen LogP contribution is -2.48. The number of carbonyl (C=O) groups excluding carboxylic acids is 2. The van der Waals surface area contributed by atoms with Crippen molar-refractivity contribution in [1.29, 1.82) is 0 Å². The Morgan fingerprint density at radius 1 is 1.26 bits per heavy atom. The fourth-order valence-electron chi connectivity index (χ4n) is 6.52. The topological polar surface area (TPSA) is 90.5 Å². The quantitative estimate of drug-likeness (QED) is 0.322. The summed E-state index contributed by atoms with van der Waals surface area (Å²) in [5, 5.41) is 20.6. The van der Waals surface area contributed by atoms with Gasteiger partial charge >= 0.3 is 0 Å². The predicted octanol–water partition coefficient (Wildman–Crippen LogP) is 5.59. The number of hydrogen-bond acceptors (Lipinski definition) is 5. The molecule has 0 spiro atoms. The molecule has 1 saturated heterocycles. The molecule has 39 heavy (non-hydrogen) atoms. The van der Waals surface area contributed by atoms with Crippen LogP contribution in [-0.4, -0.2) is 48.1 Å². The second-order valence-electron chi connectivity index (χ2n) is 12.5. The maximum atomic E-state index is 15.8. The number of benzene rings is 2. The lowest BCUT2D eigenvalue weighted by atomic mass is 9.62. The van der Waals surface area contributed by atoms with E-state index in [2.05, 4.69) is 36.7 Å². The summed E-state index contributed by atoms with van der Waals surface area (Å²) in [5.41, 5.74) is -0.999. The summed E-state index contributed by atoms with van der Waals surface area (Å²) in [6, 6.07) is 8.22. The van der Waals surface area contributed by atoms with E-state index < -0.39 is 34.8 Å². The normalized spacial score (nSPS) is 30.8. The SMILES string of the molecule is CNc1cc(Cl)ccc1C1(C=O)C(CC(C)(C)C)NC(C(=O)NC2CCC(C)(O)C2)C1c1cccc(Cl)c1F.